The summed E-state index contributed by atoms with van der Waals surface area (Å²) in [5, 5.41) is 9.21. The van der Waals surface area contributed by atoms with Crippen molar-refractivity contribution in [1.82, 2.24) is 10.7 Å². The van der Waals surface area contributed by atoms with E-state index in [4.69, 9.17) is 14.2 Å². The zero-order chi connectivity index (χ0) is 26.8. The van der Waals surface area contributed by atoms with Crippen molar-refractivity contribution >= 4 is 45.6 Å². The van der Waals surface area contributed by atoms with Gasteiger partial charge in [-0.1, -0.05) is 6.07 Å². The molecule has 1 aliphatic rings. The number of hydrogen-bond acceptors (Lipinski definition) is 7. The number of nitrogens with one attached hydrogen (secondary N) is 3. The topological polar surface area (TPSA) is 127 Å². The number of halogens is 1. The number of ether oxygens (including phenoxy) is 3. The van der Waals surface area contributed by atoms with Gasteiger partial charge in [0.25, 0.3) is 5.91 Å². The SMILES string of the molecule is CCOc1cc(/C=N\NC(=O)C(=O)NC[C@@H]2CCCO2)cc(Br)c1OCC(=O)Nc1cc(C)cc(C)c1. The van der Waals surface area contributed by atoms with Crippen LogP contribution in [-0.4, -0.2) is 56.4 Å². The summed E-state index contributed by atoms with van der Waals surface area (Å²) in [6.07, 6.45) is 3.11. The minimum atomic E-state index is -0.881. The molecule has 0 spiro atoms. The summed E-state index contributed by atoms with van der Waals surface area (Å²) >= 11 is 3.44. The average molecular weight is 575 g/mol. The summed E-state index contributed by atoms with van der Waals surface area (Å²) in [6, 6.07) is 9.13. The number of carbonyl (C=O) groups excluding carboxylic acids is 3. The van der Waals surface area contributed by atoms with Crippen LogP contribution in [0.4, 0.5) is 5.69 Å². The predicted octanol–water partition coefficient (Wildman–Crippen LogP) is 3.23. The summed E-state index contributed by atoms with van der Waals surface area (Å²) in [7, 11) is 0. The van der Waals surface area contributed by atoms with Crippen molar-refractivity contribution in [2.75, 3.05) is 31.7 Å². The van der Waals surface area contributed by atoms with Crippen LogP contribution in [0.3, 0.4) is 0 Å². The molecule has 0 radical (unpaired) electrons. The third-order valence-corrected chi connectivity index (χ3v) is 5.87. The number of hydrogen-bond donors (Lipinski definition) is 3. The van der Waals surface area contributed by atoms with E-state index >= 15 is 0 Å². The predicted molar refractivity (Wildman–Crippen MR) is 143 cm³/mol. The Balaban J connectivity index is 1.57. The molecule has 2 aromatic carbocycles. The van der Waals surface area contributed by atoms with Gasteiger partial charge in [0.05, 0.1) is 23.4 Å². The molecule has 11 heteroatoms. The van der Waals surface area contributed by atoms with Crippen molar-refractivity contribution in [3.8, 4) is 11.5 Å². The fraction of sp³-hybridized carbons (Fsp3) is 0.385. The van der Waals surface area contributed by atoms with Crippen LogP contribution in [-0.2, 0) is 19.1 Å². The van der Waals surface area contributed by atoms with E-state index in [0.29, 0.717) is 40.4 Å². The summed E-state index contributed by atoms with van der Waals surface area (Å²) in [5.74, 6) is -1.24. The highest BCUT2D eigenvalue weighted by molar-refractivity contribution is 9.10. The van der Waals surface area contributed by atoms with E-state index in [2.05, 4.69) is 37.1 Å². The van der Waals surface area contributed by atoms with Gasteiger partial charge >= 0.3 is 11.8 Å². The van der Waals surface area contributed by atoms with Gasteiger partial charge in [-0.15, -0.1) is 0 Å². The normalized spacial score (nSPS) is 14.9. The minimum absolute atomic E-state index is 0.0619. The molecule has 1 atom stereocenters. The number of nitrogens with zero attached hydrogens (tertiary/aromatic N) is 1. The van der Waals surface area contributed by atoms with Crippen molar-refractivity contribution in [3.05, 3.63) is 51.5 Å². The van der Waals surface area contributed by atoms with Crippen molar-refractivity contribution in [2.45, 2.75) is 39.7 Å². The number of benzene rings is 2. The van der Waals surface area contributed by atoms with Crippen LogP contribution >= 0.6 is 15.9 Å². The molecule has 37 heavy (non-hydrogen) atoms. The average Bonchev–Trinajstić information content (AvgIpc) is 3.35. The third-order valence-electron chi connectivity index (χ3n) is 5.28. The maximum atomic E-state index is 12.4. The van der Waals surface area contributed by atoms with E-state index in [1.807, 2.05) is 39.0 Å². The van der Waals surface area contributed by atoms with Gasteiger partial charge in [-0.3, -0.25) is 14.4 Å². The second-order valence-corrected chi connectivity index (χ2v) is 9.37. The smallest absolute Gasteiger partial charge is 0.329 e. The van der Waals surface area contributed by atoms with Crippen LogP contribution in [0.1, 0.15) is 36.5 Å². The number of carbonyl (C=O) groups is 3. The number of rotatable bonds is 10. The van der Waals surface area contributed by atoms with Crippen LogP contribution in [0, 0.1) is 13.8 Å². The first-order valence-corrected chi connectivity index (χ1v) is 12.7. The molecule has 1 aliphatic heterocycles. The van der Waals surface area contributed by atoms with Gasteiger partial charge in [0.15, 0.2) is 18.1 Å². The molecular weight excluding hydrogens is 544 g/mol. The lowest BCUT2D eigenvalue weighted by molar-refractivity contribution is -0.139. The van der Waals surface area contributed by atoms with E-state index in [-0.39, 0.29) is 25.2 Å². The van der Waals surface area contributed by atoms with Gasteiger partial charge < -0.3 is 24.8 Å². The second-order valence-electron chi connectivity index (χ2n) is 8.52. The molecule has 0 unspecified atom stereocenters. The summed E-state index contributed by atoms with van der Waals surface area (Å²) in [5.41, 5.74) is 5.56. The highest BCUT2D eigenvalue weighted by atomic mass is 79.9. The van der Waals surface area contributed by atoms with Crippen molar-refractivity contribution < 1.29 is 28.6 Å². The molecule has 3 amide bonds. The molecule has 0 bridgehead atoms. The van der Waals surface area contributed by atoms with E-state index in [1.54, 1.807) is 12.1 Å². The zero-order valence-electron chi connectivity index (χ0n) is 21.1. The first-order chi connectivity index (χ1) is 17.7. The summed E-state index contributed by atoms with van der Waals surface area (Å²) < 4.78 is 17.4. The van der Waals surface area contributed by atoms with Gasteiger partial charge in [0.1, 0.15) is 0 Å². The molecule has 3 rings (SSSR count). The minimum Gasteiger partial charge on any atom is -0.490 e. The number of aryl methyl sites for hydroxylation is 2. The quantitative estimate of drug-likeness (QED) is 0.227. The van der Waals surface area contributed by atoms with Crippen LogP contribution in [0.2, 0.25) is 0 Å². The first kappa shape index (κ1) is 28.1. The van der Waals surface area contributed by atoms with Crippen LogP contribution in [0.15, 0.2) is 39.9 Å². The first-order valence-electron chi connectivity index (χ1n) is 11.9. The molecule has 1 fully saturated rings. The highest BCUT2D eigenvalue weighted by Crippen LogP contribution is 2.36. The Morgan fingerprint density at radius 1 is 1.11 bits per heavy atom. The van der Waals surface area contributed by atoms with Gasteiger partial charge in [0.2, 0.25) is 0 Å². The summed E-state index contributed by atoms with van der Waals surface area (Å²) in [4.78, 5) is 36.3. The summed E-state index contributed by atoms with van der Waals surface area (Å²) in [6.45, 7) is 6.83. The van der Waals surface area contributed by atoms with Crippen molar-refractivity contribution in [3.63, 3.8) is 0 Å². The Morgan fingerprint density at radius 2 is 1.86 bits per heavy atom. The van der Waals surface area contributed by atoms with E-state index in [0.717, 1.165) is 24.0 Å². The Kier molecular flexibility index (Phi) is 10.5. The molecule has 10 nitrogen and oxygen atoms in total. The molecule has 198 valence electrons. The van der Waals surface area contributed by atoms with E-state index < -0.39 is 11.8 Å². The van der Waals surface area contributed by atoms with Crippen LogP contribution in [0.25, 0.3) is 0 Å². The van der Waals surface area contributed by atoms with Crippen molar-refractivity contribution in [1.29, 1.82) is 0 Å². The number of anilines is 1. The van der Waals surface area contributed by atoms with Gasteiger partial charge in [-0.2, -0.15) is 5.10 Å². The maximum absolute atomic E-state index is 12.4. The Hall–Kier alpha value is -3.44. The van der Waals surface area contributed by atoms with E-state index in [9.17, 15) is 14.4 Å². The van der Waals surface area contributed by atoms with Gasteiger partial charge in [-0.25, -0.2) is 5.43 Å². The fourth-order valence-electron chi connectivity index (χ4n) is 3.76. The third kappa shape index (κ3) is 8.87. The van der Waals surface area contributed by atoms with Crippen molar-refractivity contribution in [2.24, 2.45) is 5.10 Å². The molecule has 1 heterocycles. The largest absolute Gasteiger partial charge is 0.490 e. The van der Waals surface area contributed by atoms with Crippen LogP contribution in [0.5, 0.6) is 11.5 Å². The molecule has 0 aliphatic carbocycles. The monoisotopic (exact) mass is 574 g/mol. The van der Waals surface area contributed by atoms with Gasteiger partial charge in [-0.05, 0) is 90.5 Å². The molecule has 0 aromatic heterocycles. The zero-order valence-corrected chi connectivity index (χ0v) is 22.6. The maximum Gasteiger partial charge on any atom is 0.329 e. The Labute approximate surface area is 224 Å². The Bertz CT molecular complexity index is 1140. The highest BCUT2D eigenvalue weighted by Gasteiger charge is 2.19. The molecule has 0 saturated carbocycles. The fourth-order valence-corrected chi connectivity index (χ4v) is 4.33. The lowest BCUT2D eigenvalue weighted by atomic mass is 10.1. The van der Waals surface area contributed by atoms with Crippen LogP contribution < -0.4 is 25.5 Å². The lowest BCUT2D eigenvalue weighted by Crippen LogP contribution is -2.41. The molecule has 2 aromatic rings. The lowest BCUT2D eigenvalue weighted by Gasteiger charge is -2.15. The number of hydrazone groups is 1. The molecule has 3 N–H and O–H groups in total. The Morgan fingerprint density at radius 3 is 2.54 bits per heavy atom. The standard InChI is InChI=1S/C26H31BrN4O6/c1-4-35-22-12-18(13-29-31-26(34)25(33)28-14-20-6-5-7-36-20)11-21(27)24(22)37-15-23(32)30-19-9-16(2)8-17(3)10-19/h8-13,20H,4-7,14-15H2,1-3H3,(H,28,33)(H,30,32)(H,31,34)/b29-13-/t20-/m0/s1. The second kappa shape index (κ2) is 13.8. The van der Waals surface area contributed by atoms with Gasteiger partial charge in [0, 0.05) is 18.8 Å². The molecular formula is C26H31BrN4O6. The number of amides is 3. The molecule has 1 saturated heterocycles. The van der Waals surface area contributed by atoms with E-state index in [1.165, 1.54) is 6.21 Å².